The second-order valence-electron chi connectivity index (χ2n) is 7.68. The lowest BCUT2D eigenvalue weighted by molar-refractivity contribution is 0.104. The molecule has 6 heteroatoms. The average molecular weight is 448 g/mol. The van der Waals surface area contributed by atoms with Gasteiger partial charge in [-0.1, -0.05) is 66.2 Å². The third-order valence-electron chi connectivity index (χ3n) is 5.78. The molecule has 3 aromatic rings. The van der Waals surface area contributed by atoms with E-state index in [1.807, 2.05) is 48.6 Å². The Balaban J connectivity index is 1.88. The molecule has 31 heavy (non-hydrogen) atoms. The largest absolute Gasteiger partial charge is 0.289 e. The molecule has 0 saturated heterocycles. The molecular weight excluding hydrogens is 430 g/mol. The summed E-state index contributed by atoms with van der Waals surface area (Å²) in [6.07, 6.45) is 6.38. The Labute approximate surface area is 186 Å². The number of rotatable bonds is 3. The first-order valence-corrected chi connectivity index (χ1v) is 12.0. The van der Waals surface area contributed by atoms with Gasteiger partial charge in [0, 0.05) is 10.6 Å². The third kappa shape index (κ3) is 2.96. The SMILES string of the molecule is CS(=O)(=O)N(C1=Cc2cc(Cl)ccc2[C@]12C=CC(=O)c1ccccc12)c1ccccc1. The van der Waals surface area contributed by atoms with Crippen LogP contribution in [0.4, 0.5) is 5.69 Å². The highest BCUT2D eigenvalue weighted by atomic mass is 35.5. The molecule has 5 rings (SSSR count). The zero-order valence-corrected chi connectivity index (χ0v) is 18.2. The summed E-state index contributed by atoms with van der Waals surface area (Å²) in [5, 5.41) is 0.557. The third-order valence-corrected chi connectivity index (χ3v) is 7.08. The number of sulfonamides is 1. The topological polar surface area (TPSA) is 54.5 Å². The maximum absolute atomic E-state index is 13.1. The number of fused-ring (bicyclic) bond motifs is 4. The summed E-state index contributed by atoms with van der Waals surface area (Å²) in [6, 6.07) is 21.8. The van der Waals surface area contributed by atoms with E-state index in [0.717, 1.165) is 16.7 Å². The molecule has 0 radical (unpaired) electrons. The molecule has 4 nitrogen and oxygen atoms in total. The van der Waals surface area contributed by atoms with Crippen LogP contribution in [0.2, 0.25) is 5.02 Å². The number of hydrogen-bond acceptors (Lipinski definition) is 3. The summed E-state index contributed by atoms with van der Waals surface area (Å²) < 4.78 is 27.6. The van der Waals surface area contributed by atoms with Crippen LogP contribution in [0, 0.1) is 0 Å². The lowest BCUT2D eigenvalue weighted by Gasteiger charge is -2.39. The van der Waals surface area contributed by atoms with E-state index in [2.05, 4.69) is 0 Å². The monoisotopic (exact) mass is 447 g/mol. The Kier molecular flexibility index (Phi) is 4.43. The predicted molar refractivity (Wildman–Crippen MR) is 124 cm³/mol. The second kappa shape index (κ2) is 6.94. The molecule has 0 heterocycles. The Hall–Kier alpha value is -3.15. The highest BCUT2D eigenvalue weighted by Gasteiger charge is 2.49. The zero-order valence-electron chi connectivity index (χ0n) is 16.6. The van der Waals surface area contributed by atoms with Crippen molar-refractivity contribution >= 4 is 39.2 Å². The first-order valence-electron chi connectivity index (χ1n) is 9.73. The molecule has 0 saturated carbocycles. The average Bonchev–Trinajstić information content (AvgIpc) is 3.04. The minimum absolute atomic E-state index is 0.103. The first-order chi connectivity index (χ1) is 14.8. The van der Waals surface area contributed by atoms with Gasteiger partial charge in [-0.2, -0.15) is 0 Å². The van der Waals surface area contributed by atoms with Crippen LogP contribution in [0.5, 0.6) is 0 Å². The Morgan fingerprint density at radius 1 is 0.903 bits per heavy atom. The molecule has 0 unspecified atom stereocenters. The fourth-order valence-electron chi connectivity index (χ4n) is 4.58. The van der Waals surface area contributed by atoms with Gasteiger partial charge >= 0.3 is 0 Å². The van der Waals surface area contributed by atoms with Gasteiger partial charge in [-0.25, -0.2) is 12.7 Å². The molecule has 3 aromatic carbocycles. The molecule has 154 valence electrons. The van der Waals surface area contributed by atoms with Gasteiger partial charge in [0.1, 0.15) is 0 Å². The van der Waals surface area contributed by atoms with Crippen LogP contribution in [-0.4, -0.2) is 20.5 Å². The van der Waals surface area contributed by atoms with Gasteiger partial charge in [0.15, 0.2) is 5.78 Å². The van der Waals surface area contributed by atoms with Crippen molar-refractivity contribution < 1.29 is 13.2 Å². The number of ketones is 1. The molecule has 1 spiro atoms. The number of carbonyl (C=O) groups excluding carboxylic acids is 1. The molecule has 0 aromatic heterocycles. The van der Waals surface area contributed by atoms with Crippen molar-refractivity contribution in [3.63, 3.8) is 0 Å². The van der Waals surface area contributed by atoms with Gasteiger partial charge in [0.05, 0.1) is 23.1 Å². The van der Waals surface area contributed by atoms with E-state index in [-0.39, 0.29) is 5.78 Å². The second-order valence-corrected chi connectivity index (χ2v) is 9.94. The number of benzene rings is 3. The van der Waals surface area contributed by atoms with E-state index in [4.69, 9.17) is 11.6 Å². The maximum atomic E-state index is 13.1. The number of halogens is 1. The summed E-state index contributed by atoms with van der Waals surface area (Å²) in [5.74, 6) is -0.103. The van der Waals surface area contributed by atoms with E-state index in [9.17, 15) is 13.2 Å². The van der Waals surface area contributed by atoms with Crippen LogP contribution in [0.25, 0.3) is 6.08 Å². The van der Waals surface area contributed by atoms with Crippen LogP contribution in [0.3, 0.4) is 0 Å². The lowest BCUT2D eigenvalue weighted by atomic mass is 9.69. The van der Waals surface area contributed by atoms with Crippen molar-refractivity contribution in [1.82, 2.24) is 0 Å². The lowest BCUT2D eigenvalue weighted by Crippen LogP contribution is -2.41. The quantitative estimate of drug-likeness (QED) is 0.554. The van der Waals surface area contributed by atoms with E-state index >= 15 is 0 Å². The van der Waals surface area contributed by atoms with E-state index in [1.54, 1.807) is 36.4 Å². The highest BCUT2D eigenvalue weighted by Crippen LogP contribution is 2.53. The number of para-hydroxylation sites is 1. The van der Waals surface area contributed by atoms with E-state index in [1.165, 1.54) is 16.6 Å². The van der Waals surface area contributed by atoms with Crippen LogP contribution in [0.1, 0.15) is 27.0 Å². The number of carbonyl (C=O) groups is 1. The van der Waals surface area contributed by atoms with Gasteiger partial charge in [-0.3, -0.25) is 4.79 Å². The molecule has 2 aliphatic rings. The maximum Gasteiger partial charge on any atom is 0.236 e. The number of hydrogen-bond donors (Lipinski definition) is 0. The summed E-state index contributed by atoms with van der Waals surface area (Å²) in [4.78, 5) is 12.7. The van der Waals surface area contributed by atoms with Crippen LogP contribution >= 0.6 is 11.6 Å². The van der Waals surface area contributed by atoms with Crippen LogP contribution in [0.15, 0.2) is 90.6 Å². The van der Waals surface area contributed by atoms with Crippen molar-refractivity contribution in [2.75, 3.05) is 10.6 Å². The zero-order chi connectivity index (χ0) is 21.8. The van der Waals surface area contributed by atoms with Crippen molar-refractivity contribution in [3.05, 3.63) is 118 Å². The van der Waals surface area contributed by atoms with Gasteiger partial charge in [0.2, 0.25) is 10.0 Å². The van der Waals surface area contributed by atoms with Crippen molar-refractivity contribution in [3.8, 4) is 0 Å². The van der Waals surface area contributed by atoms with Crippen molar-refractivity contribution in [2.24, 2.45) is 0 Å². The van der Waals surface area contributed by atoms with Gasteiger partial charge < -0.3 is 0 Å². The minimum Gasteiger partial charge on any atom is -0.289 e. The first kappa shape index (κ1) is 19.8. The molecular formula is C25H18ClNO3S. The fourth-order valence-corrected chi connectivity index (χ4v) is 5.82. The molecule has 0 N–H and O–H groups in total. The van der Waals surface area contributed by atoms with Gasteiger partial charge in [-0.05, 0) is 53.1 Å². The summed E-state index contributed by atoms with van der Waals surface area (Å²) >= 11 is 6.28. The minimum atomic E-state index is -3.71. The normalized spacial score (nSPS) is 19.2. The van der Waals surface area contributed by atoms with E-state index < -0.39 is 15.4 Å². The van der Waals surface area contributed by atoms with Gasteiger partial charge in [-0.15, -0.1) is 0 Å². The molecule has 2 aliphatic carbocycles. The molecule has 1 atom stereocenters. The Bertz CT molecular complexity index is 1390. The van der Waals surface area contributed by atoms with Crippen LogP contribution in [-0.2, 0) is 15.4 Å². The fraction of sp³-hybridized carbons (Fsp3) is 0.0800. The molecule has 0 amide bonds. The molecule has 0 bridgehead atoms. The summed E-state index contributed by atoms with van der Waals surface area (Å²) in [5.41, 5.74) is 3.13. The predicted octanol–water partition coefficient (Wildman–Crippen LogP) is 5.20. The number of nitrogens with zero attached hydrogens (tertiary/aromatic N) is 1. The van der Waals surface area contributed by atoms with Crippen LogP contribution < -0.4 is 4.31 Å². The number of anilines is 1. The Morgan fingerprint density at radius 2 is 1.61 bits per heavy atom. The summed E-state index contributed by atoms with van der Waals surface area (Å²) in [6.45, 7) is 0. The smallest absolute Gasteiger partial charge is 0.236 e. The molecule has 0 aliphatic heterocycles. The van der Waals surface area contributed by atoms with E-state index in [0.29, 0.717) is 22.0 Å². The summed E-state index contributed by atoms with van der Waals surface area (Å²) in [7, 11) is -3.71. The van der Waals surface area contributed by atoms with Crippen molar-refractivity contribution in [1.29, 1.82) is 0 Å². The standard InChI is InChI=1S/C25H18ClNO3S/c1-31(29,30)27(19-7-3-2-4-8-19)24-16-17-15-18(26)11-12-21(17)25(24)14-13-23(28)20-9-5-6-10-22(20)25/h2-16H,1H3/t25-/m0/s1. The highest BCUT2D eigenvalue weighted by molar-refractivity contribution is 7.92. The number of allylic oxidation sites excluding steroid dienone is 2. The Morgan fingerprint density at radius 3 is 2.35 bits per heavy atom. The molecule has 0 fully saturated rings. The van der Waals surface area contributed by atoms with Crippen molar-refractivity contribution in [2.45, 2.75) is 5.41 Å². The van der Waals surface area contributed by atoms with Gasteiger partial charge in [0.25, 0.3) is 0 Å².